The number of carboxylic acid groups (broad SMARTS) is 3. The van der Waals surface area contributed by atoms with Gasteiger partial charge in [0, 0.05) is 61.8 Å². The van der Waals surface area contributed by atoms with Crippen molar-refractivity contribution < 1.29 is 48.8 Å². The van der Waals surface area contributed by atoms with Crippen LogP contribution >= 0.6 is 24.3 Å². The number of ether oxygens (including phenoxy) is 2. The second-order valence-electron chi connectivity index (χ2n) is 13.5. The van der Waals surface area contributed by atoms with Crippen molar-refractivity contribution in [3.63, 3.8) is 0 Å². The first-order valence-electron chi connectivity index (χ1n) is 19.2. The Labute approximate surface area is 371 Å². The highest BCUT2D eigenvalue weighted by Crippen LogP contribution is 2.21. The van der Waals surface area contributed by atoms with Crippen LogP contribution in [0.1, 0.15) is 57.5 Å². The molecule has 1 atom stereocenters. The molecule has 63 heavy (non-hydrogen) atoms. The zero-order chi connectivity index (χ0) is 45.7. The Bertz CT molecular complexity index is 2180. The van der Waals surface area contributed by atoms with Crippen LogP contribution in [0.15, 0.2) is 97.1 Å². The SMILES string of the molecule is N=C(N)Nc1ccc(C(=O)Oc2ccc(CNSN(CCCCCN(SNCc3ccc(OC(=O)c4ccc(NC(=N)N)cc4)cc3)C(CC(=O)O)C(=O)O)CC(=O)O)cc2)cc1. The summed E-state index contributed by atoms with van der Waals surface area (Å²) in [5, 5.41) is 48.6. The minimum absolute atomic E-state index is 0.225. The van der Waals surface area contributed by atoms with Gasteiger partial charge in [-0.15, -0.1) is 0 Å². The van der Waals surface area contributed by atoms with Gasteiger partial charge in [0.25, 0.3) is 0 Å². The van der Waals surface area contributed by atoms with Crippen LogP contribution < -0.4 is 41.0 Å². The van der Waals surface area contributed by atoms with Crippen LogP contribution in [0.2, 0.25) is 0 Å². The van der Waals surface area contributed by atoms with E-state index >= 15 is 0 Å². The van der Waals surface area contributed by atoms with Crippen molar-refractivity contribution in [3.05, 3.63) is 119 Å². The lowest BCUT2D eigenvalue weighted by molar-refractivity contribution is -0.147. The van der Waals surface area contributed by atoms with Gasteiger partial charge in [-0.3, -0.25) is 25.2 Å². The molecule has 22 heteroatoms. The summed E-state index contributed by atoms with van der Waals surface area (Å²) in [4.78, 5) is 60.4. The number of anilines is 2. The number of aliphatic carboxylic acids is 3. The summed E-state index contributed by atoms with van der Waals surface area (Å²) in [6.07, 6.45) is 1.03. The van der Waals surface area contributed by atoms with Crippen LogP contribution in [-0.4, -0.2) is 91.4 Å². The molecule has 0 aliphatic heterocycles. The van der Waals surface area contributed by atoms with E-state index in [1.54, 1.807) is 89.2 Å². The van der Waals surface area contributed by atoms with Crippen molar-refractivity contribution >= 4 is 77.4 Å². The van der Waals surface area contributed by atoms with Gasteiger partial charge in [-0.25, -0.2) is 27.6 Å². The lowest BCUT2D eigenvalue weighted by atomic mass is 10.2. The summed E-state index contributed by atoms with van der Waals surface area (Å²) in [6, 6.07) is 24.7. The molecule has 0 amide bonds. The van der Waals surface area contributed by atoms with Gasteiger partial charge in [0.15, 0.2) is 11.9 Å². The lowest BCUT2D eigenvalue weighted by Gasteiger charge is -2.26. The van der Waals surface area contributed by atoms with Crippen molar-refractivity contribution in [2.75, 3.05) is 30.3 Å². The van der Waals surface area contributed by atoms with E-state index in [4.69, 9.17) is 31.8 Å². The largest absolute Gasteiger partial charge is 0.481 e. The standard InChI is InChI=1S/C41H48N10O10S2/c42-40(43)48-30-12-8-28(9-13-30)38(58)60-32-16-4-26(5-17-32)23-46-62-50(25-36(54)55)20-2-1-3-21-51(34(37(56)57)22-35(52)53)63-47-24-27-6-18-33(19-7-27)61-39(59)29-10-14-31(15-11-29)49-41(44)45/h4-19,34,46-47H,1-3,20-25H2,(H,52,53)(H,54,55)(H,56,57)(H4,42,43,48)(H4,44,45,49). The first-order valence-corrected chi connectivity index (χ1v) is 20.7. The molecule has 0 aliphatic carbocycles. The summed E-state index contributed by atoms with van der Waals surface area (Å²) in [5.41, 5.74) is 14.0. The molecule has 0 saturated carbocycles. The van der Waals surface area contributed by atoms with Crippen molar-refractivity contribution in [1.82, 2.24) is 18.1 Å². The zero-order valence-corrected chi connectivity index (χ0v) is 35.4. The van der Waals surface area contributed by atoms with Crippen LogP contribution in [-0.2, 0) is 27.5 Å². The van der Waals surface area contributed by atoms with Gasteiger partial charge in [-0.2, -0.15) is 0 Å². The summed E-state index contributed by atoms with van der Waals surface area (Å²) in [5.74, 6) is -4.56. The third kappa shape index (κ3) is 18.1. The number of carbonyl (C=O) groups excluding carboxylic acids is 2. The van der Waals surface area contributed by atoms with E-state index < -0.39 is 42.3 Å². The lowest BCUT2D eigenvalue weighted by Crippen LogP contribution is -2.40. The molecule has 4 rings (SSSR count). The molecule has 0 spiro atoms. The van der Waals surface area contributed by atoms with E-state index in [1.165, 1.54) is 16.4 Å². The van der Waals surface area contributed by atoms with Gasteiger partial charge >= 0.3 is 29.8 Å². The van der Waals surface area contributed by atoms with Crippen LogP contribution in [0, 0.1) is 10.8 Å². The van der Waals surface area contributed by atoms with Crippen molar-refractivity contribution in [2.45, 2.75) is 44.8 Å². The number of rotatable bonds is 26. The number of hydrogen-bond donors (Lipinski definition) is 11. The molecule has 0 saturated heterocycles. The van der Waals surface area contributed by atoms with E-state index in [-0.39, 0.29) is 31.6 Å². The first-order chi connectivity index (χ1) is 30.1. The number of nitrogens with zero attached hydrogens (tertiary/aromatic N) is 2. The van der Waals surface area contributed by atoms with E-state index in [0.29, 0.717) is 66.4 Å². The Morgan fingerprint density at radius 3 is 1.46 bits per heavy atom. The fourth-order valence-electron chi connectivity index (χ4n) is 5.56. The maximum atomic E-state index is 12.6. The summed E-state index contributed by atoms with van der Waals surface area (Å²) in [6.45, 7) is 1.01. The number of benzene rings is 4. The predicted molar refractivity (Wildman–Crippen MR) is 239 cm³/mol. The van der Waals surface area contributed by atoms with Gasteiger partial charge in [-0.1, -0.05) is 30.7 Å². The molecule has 0 aromatic heterocycles. The molecule has 0 fully saturated rings. The molecular weight excluding hydrogens is 857 g/mol. The highest BCUT2D eigenvalue weighted by Gasteiger charge is 2.29. The molecule has 4 aromatic carbocycles. The van der Waals surface area contributed by atoms with Gasteiger partial charge in [-0.05, 0) is 96.8 Å². The normalized spacial score (nSPS) is 11.4. The number of nitrogens with one attached hydrogen (secondary N) is 6. The van der Waals surface area contributed by atoms with Gasteiger partial charge in [0.05, 0.1) is 17.5 Å². The Hall–Kier alpha value is -6.69. The van der Waals surface area contributed by atoms with E-state index in [2.05, 4.69) is 20.1 Å². The summed E-state index contributed by atoms with van der Waals surface area (Å²) >= 11 is 2.13. The number of guanidine groups is 2. The van der Waals surface area contributed by atoms with Crippen LogP contribution in [0.4, 0.5) is 11.4 Å². The quantitative estimate of drug-likeness (QED) is 0.0103. The average Bonchev–Trinajstić information content (AvgIpc) is 3.23. The Morgan fingerprint density at radius 2 is 1.05 bits per heavy atom. The number of carbonyl (C=O) groups is 5. The van der Waals surface area contributed by atoms with Crippen molar-refractivity contribution in [3.8, 4) is 11.5 Å². The van der Waals surface area contributed by atoms with Crippen LogP contribution in [0.5, 0.6) is 11.5 Å². The third-order valence-corrected chi connectivity index (χ3v) is 10.4. The number of hydrogen-bond acceptors (Lipinski definition) is 15. The predicted octanol–water partition coefficient (Wildman–Crippen LogP) is 4.53. The Kier molecular flexibility index (Phi) is 19.7. The monoisotopic (exact) mass is 904 g/mol. The molecular formula is C41H48N10O10S2. The topological polar surface area (TPSA) is 319 Å². The third-order valence-electron chi connectivity index (χ3n) is 8.59. The van der Waals surface area contributed by atoms with E-state index in [9.17, 15) is 39.3 Å². The maximum absolute atomic E-state index is 12.6. The second-order valence-corrected chi connectivity index (χ2v) is 15.5. The van der Waals surface area contributed by atoms with Crippen molar-refractivity contribution in [2.24, 2.45) is 11.5 Å². The molecule has 334 valence electrons. The fourth-order valence-corrected chi connectivity index (χ4v) is 7.28. The van der Waals surface area contributed by atoms with Crippen molar-refractivity contribution in [1.29, 1.82) is 10.8 Å². The highest BCUT2D eigenvalue weighted by molar-refractivity contribution is 7.95. The Balaban J connectivity index is 1.21. The van der Waals surface area contributed by atoms with Gasteiger partial charge < -0.3 is 46.9 Å². The molecule has 0 heterocycles. The molecule has 0 bridgehead atoms. The maximum Gasteiger partial charge on any atom is 0.343 e. The van der Waals surface area contributed by atoms with Gasteiger partial charge in [0.2, 0.25) is 0 Å². The number of unbranched alkanes of at least 4 members (excludes halogenated alkanes) is 2. The number of nitrogens with two attached hydrogens (primary N) is 2. The summed E-state index contributed by atoms with van der Waals surface area (Å²) in [7, 11) is 0. The van der Waals surface area contributed by atoms with E-state index in [1.807, 2.05) is 0 Å². The number of carboxylic acids is 3. The second kappa shape index (κ2) is 25.3. The Morgan fingerprint density at radius 1 is 0.603 bits per heavy atom. The molecule has 1 unspecified atom stereocenters. The average molecular weight is 905 g/mol. The number of esters is 2. The molecule has 20 nitrogen and oxygen atoms in total. The zero-order valence-electron chi connectivity index (χ0n) is 33.7. The highest BCUT2D eigenvalue weighted by atomic mass is 32.2. The molecule has 4 aromatic rings. The summed E-state index contributed by atoms with van der Waals surface area (Å²) < 4.78 is 20.2. The minimum atomic E-state index is -1.33. The van der Waals surface area contributed by atoms with Crippen LogP contribution in [0.25, 0.3) is 0 Å². The van der Waals surface area contributed by atoms with Crippen LogP contribution in [0.3, 0.4) is 0 Å². The molecule has 0 radical (unpaired) electrons. The van der Waals surface area contributed by atoms with Gasteiger partial charge in [0.1, 0.15) is 24.1 Å². The molecule has 0 aliphatic rings. The first kappa shape index (κ1) is 49.0. The molecule has 13 N–H and O–H groups in total. The smallest absolute Gasteiger partial charge is 0.343 e. The van der Waals surface area contributed by atoms with E-state index in [0.717, 1.165) is 35.4 Å². The fraction of sp³-hybridized carbons (Fsp3) is 0.244. The minimum Gasteiger partial charge on any atom is -0.481 e.